The third kappa shape index (κ3) is 1.44. The van der Waals surface area contributed by atoms with Crippen molar-refractivity contribution in [2.75, 3.05) is 0 Å². The highest BCUT2D eigenvalue weighted by atomic mass is 15.3. The van der Waals surface area contributed by atoms with Crippen LogP contribution in [0.4, 0.5) is 0 Å². The second kappa shape index (κ2) is 3.07. The van der Waals surface area contributed by atoms with Crippen molar-refractivity contribution in [2.24, 2.45) is 0 Å². The van der Waals surface area contributed by atoms with E-state index < -0.39 is 0 Å². The van der Waals surface area contributed by atoms with Gasteiger partial charge in [-0.2, -0.15) is 5.10 Å². The van der Waals surface area contributed by atoms with E-state index in [1.165, 1.54) is 11.3 Å². The summed E-state index contributed by atoms with van der Waals surface area (Å²) in [4.78, 5) is 0. The van der Waals surface area contributed by atoms with Gasteiger partial charge in [0.25, 0.3) is 0 Å². The molecule has 11 heavy (non-hydrogen) atoms. The van der Waals surface area contributed by atoms with E-state index in [-0.39, 0.29) is 0 Å². The summed E-state index contributed by atoms with van der Waals surface area (Å²) >= 11 is 0. The maximum Gasteiger partial charge on any atom is 0.116 e. The van der Waals surface area contributed by atoms with E-state index >= 15 is 0 Å². The molecule has 0 aliphatic carbocycles. The van der Waals surface area contributed by atoms with E-state index in [4.69, 9.17) is 0 Å². The summed E-state index contributed by atoms with van der Waals surface area (Å²) in [6, 6.07) is 0.454. The third-order valence-electron chi connectivity index (χ3n) is 1.86. The van der Waals surface area contributed by atoms with Gasteiger partial charge in [0.05, 0.1) is 0 Å². The second-order valence-electron chi connectivity index (χ2n) is 3.08. The summed E-state index contributed by atoms with van der Waals surface area (Å²) in [5.74, 6) is 0. The van der Waals surface area contributed by atoms with E-state index in [2.05, 4.69) is 39.0 Å². The van der Waals surface area contributed by atoms with Gasteiger partial charge in [-0.15, -0.1) is 0 Å². The lowest BCUT2D eigenvalue weighted by atomic mass is 10.2. The van der Waals surface area contributed by atoms with Crippen LogP contribution in [0.15, 0.2) is 0 Å². The predicted molar refractivity (Wildman–Crippen MR) is 45.6 cm³/mol. The van der Waals surface area contributed by atoms with Crippen LogP contribution in [-0.2, 0) is 6.42 Å². The Hall–Kier alpha value is -0.790. The Morgan fingerprint density at radius 3 is 2.55 bits per heavy atom. The fourth-order valence-corrected chi connectivity index (χ4v) is 1.28. The monoisotopic (exact) mass is 151 g/mol. The quantitative estimate of drug-likeness (QED) is 0.633. The number of rotatable bonds is 2. The molecule has 0 unspecified atom stereocenters. The normalized spacial score (nSPS) is 11.0. The van der Waals surface area contributed by atoms with E-state index in [1.807, 2.05) is 4.68 Å². The molecule has 0 aliphatic rings. The largest absolute Gasteiger partial charge is 0.266 e. The van der Waals surface area contributed by atoms with Crippen molar-refractivity contribution in [1.82, 2.24) is 9.78 Å². The van der Waals surface area contributed by atoms with Gasteiger partial charge in [-0.1, -0.05) is 6.92 Å². The maximum absolute atomic E-state index is 4.18. The minimum atomic E-state index is 0.454. The van der Waals surface area contributed by atoms with Crippen LogP contribution in [0, 0.1) is 13.1 Å². The van der Waals surface area contributed by atoms with Crippen LogP contribution in [0.3, 0.4) is 0 Å². The van der Waals surface area contributed by atoms with Crippen molar-refractivity contribution in [3.05, 3.63) is 17.5 Å². The SMILES string of the molecule is CCc1c(C)[c]nn1C(C)C. The highest BCUT2D eigenvalue weighted by molar-refractivity contribution is 5.14. The van der Waals surface area contributed by atoms with Crippen LogP contribution in [-0.4, -0.2) is 9.78 Å². The average molecular weight is 151 g/mol. The fraction of sp³-hybridized carbons (Fsp3) is 0.667. The Balaban J connectivity index is 3.05. The van der Waals surface area contributed by atoms with Gasteiger partial charge in [-0.3, -0.25) is 4.68 Å². The molecule has 1 aromatic rings. The first-order valence-electron chi connectivity index (χ1n) is 4.12. The van der Waals surface area contributed by atoms with Gasteiger partial charge >= 0.3 is 0 Å². The summed E-state index contributed by atoms with van der Waals surface area (Å²) in [5, 5.41) is 4.18. The Labute approximate surface area is 68.2 Å². The van der Waals surface area contributed by atoms with Gasteiger partial charge in [0.15, 0.2) is 0 Å². The molecule has 2 nitrogen and oxygen atoms in total. The highest BCUT2D eigenvalue weighted by Crippen LogP contribution is 2.12. The molecule has 0 bridgehead atoms. The zero-order valence-corrected chi connectivity index (χ0v) is 7.68. The molecule has 1 rings (SSSR count). The predicted octanol–water partition coefficient (Wildman–Crippen LogP) is 2.14. The van der Waals surface area contributed by atoms with Crippen LogP contribution >= 0.6 is 0 Å². The van der Waals surface area contributed by atoms with Gasteiger partial charge in [0.2, 0.25) is 0 Å². The molecule has 1 aromatic heterocycles. The minimum Gasteiger partial charge on any atom is -0.266 e. The van der Waals surface area contributed by atoms with Gasteiger partial charge in [0, 0.05) is 11.7 Å². The van der Waals surface area contributed by atoms with E-state index in [9.17, 15) is 0 Å². The molecule has 2 heteroatoms. The van der Waals surface area contributed by atoms with Crippen molar-refractivity contribution in [3.63, 3.8) is 0 Å². The van der Waals surface area contributed by atoms with Crippen molar-refractivity contribution in [2.45, 2.75) is 40.2 Å². The Kier molecular flexibility index (Phi) is 2.32. The first-order valence-corrected chi connectivity index (χ1v) is 4.12. The van der Waals surface area contributed by atoms with Crippen molar-refractivity contribution in [3.8, 4) is 0 Å². The smallest absolute Gasteiger partial charge is 0.116 e. The van der Waals surface area contributed by atoms with E-state index in [1.54, 1.807) is 0 Å². The zero-order chi connectivity index (χ0) is 8.43. The molecule has 0 spiro atoms. The van der Waals surface area contributed by atoms with Crippen molar-refractivity contribution in [1.29, 1.82) is 0 Å². The number of nitrogens with zero attached hydrogens (tertiary/aromatic N) is 2. The van der Waals surface area contributed by atoms with Crippen LogP contribution in [0.25, 0.3) is 0 Å². The van der Waals surface area contributed by atoms with Crippen LogP contribution in [0.5, 0.6) is 0 Å². The molecule has 0 atom stereocenters. The molecule has 0 N–H and O–H groups in total. The Morgan fingerprint density at radius 1 is 1.55 bits per heavy atom. The lowest BCUT2D eigenvalue weighted by Gasteiger charge is -2.09. The Morgan fingerprint density at radius 2 is 2.18 bits per heavy atom. The van der Waals surface area contributed by atoms with Gasteiger partial charge in [0.1, 0.15) is 6.20 Å². The zero-order valence-electron chi connectivity index (χ0n) is 7.68. The van der Waals surface area contributed by atoms with Crippen LogP contribution in [0.1, 0.15) is 38.1 Å². The molecule has 0 aliphatic heterocycles. The number of aryl methyl sites for hydroxylation is 1. The molecule has 1 heterocycles. The first-order chi connectivity index (χ1) is 5.16. The molecule has 0 aromatic carbocycles. The summed E-state index contributed by atoms with van der Waals surface area (Å²) in [6.45, 7) is 8.49. The number of hydrogen-bond acceptors (Lipinski definition) is 1. The summed E-state index contributed by atoms with van der Waals surface area (Å²) in [6.07, 6.45) is 4.02. The third-order valence-corrected chi connectivity index (χ3v) is 1.86. The minimum absolute atomic E-state index is 0.454. The van der Waals surface area contributed by atoms with Gasteiger partial charge < -0.3 is 0 Å². The number of aromatic nitrogens is 2. The summed E-state index contributed by atoms with van der Waals surface area (Å²) < 4.78 is 2.04. The topological polar surface area (TPSA) is 17.8 Å². The molecule has 0 saturated heterocycles. The fourth-order valence-electron chi connectivity index (χ4n) is 1.28. The molecular formula is C9H15N2. The maximum atomic E-state index is 4.18. The van der Waals surface area contributed by atoms with Gasteiger partial charge in [-0.05, 0) is 32.8 Å². The molecule has 1 radical (unpaired) electrons. The molecule has 0 fully saturated rings. The lowest BCUT2D eigenvalue weighted by Crippen LogP contribution is -2.06. The first kappa shape index (κ1) is 8.31. The molecule has 0 saturated carbocycles. The average Bonchev–Trinajstić information content (AvgIpc) is 2.30. The van der Waals surface area contributed by atoms with E-state index in [0.29, 0.717) is 6.04 Å². The van der Waals surface area contributed by atoms with Gasteiger partial charge in [-0.25, -0.2) is 0 Å². The lowest BCUT2D eigenvalue weighted by molar-refractivity contribution is 0.510. The molecule has 0 amide bonds. The standard InChI is InChI=1S/C9H15N2/c1-5-9-8(4)6-10-11(9)7(2)3/h7H,5H2,1-4H3. The Bertz CT molecular complexity index is 236. The van der Waals surface area contributed by atoms with Crippen LogP contribution in [0.2, 0.25) is 0 Å². The number of hydrogen-bond donors (Lipinski definition) is 0. The molecular weight excluding hydrogens is 136 g/mol. The summed E-state index contributed by atoms with van der Waals surface area (Å²) in [7, 11) is 0. The van der Waals surface area contributed by atoms with Crippen molar-refractivity contribution < 1.29 is 0 Å². The highest BCUT2D eigenvalue weighted by Gasteiger charge is 2.07. The molecule has 61 valence electrons. The van der Waals surface area contributed by atoms with Crippen LogP contribution < -0.4 is 0 Å². The van der Waals surface area contributed by atoms with Crippen molar-refractivity contribution >= 4 is 0 Å². The van der Waals surface area contributed by atoms with E-state index in [0.717, 1.165) is 6.42 Å². The summed E-state index contributed by atoms with van der Waals surface area (Å²) in [5.41, 5.74) is 2.49. The second-order valence-corrected chi connectivity index (χ2v) is 3.08.